The normalized spacial score (nSPS) is 31.4. The molecule has 1 amide bonds. The molecule has 3 fully saturated rings. The van der Waals surface area contributed by atoms with E-state index < -0.39 is 5.76 Å². The Morgan fingerprint density at radius 3 is 2.35 bits per heavy atom. The highest BCUT2D eigenvalue weighted by Gasteiger charge is 2.63. The van der Waals surface area contributed by atoms with Crippen molar-refractivity contribution in [1.29, 1.82) is 0 Å². The summed E-state index contributed by atoms with van der Waals surface area (Å²) >= 11 is 0. The Balaban J connectivity index is 1.54. The molecule has 1 aliphatic carbocycles. The molecular formula is C20H25N3O3. The van der Waals surface area contributed by atoms with Gasteiger partial charge in [0.15, 0.2) is 5.58 Å². The highest BCUT2D eigenvalue weighted by molar-refractivity contribution is 6.04. The molecule has 5 rings (SSSR count). The number of likely N-dealkylation sites (tertiary alicyclic amines) is 2. The third-order valence-corrected chi connectivity index (χ3v) is 7.15. The van der Waals surface area contributed by atoms with E-state index in [1.807, 2.05) is 17.0 Å². The predicted molar refractivity (Wildman–Crippen MR) is 98.2 cm³/mol. The van der Waals surface area contributed by atoms with E-state index in [4.69, 9.17) is 4.42 Å². The molecule has 0 spiro atoms. The summed E-state index contributed by atoms with van der Waals surface area (Å²) in [5.74, 6) is -0.423. The highest BCUT2D eigenvalue weighted by Crippen LogP contribution is 2.59. The Bertz CT molecular complexity index is 937. The van der Waals surface area contributed by atoms with Crippen LogP contribution in [0.5, 0.6) is 0 Å². The highest BCUT2D eigenvalue weighted by atomic mass is 16.4. The van der Waals surface area contributed by atoms with E-state index in [1.165, 1.54) is 30.3 Å². The van der Waals surface area contributed by atoms with Gasteiger partial charge in [-0.15, -0.1) is 0 Å². The van der Waals surface area contributed by atoms with Gasteiger partial charge < -0.3 is 14.2 Å². The second-order valence-electron chi connectivity index (χ2n) is 8.68. The van der Waals surface area contributed by atoms with Gasteiger partial charge in [-0.25, -0.2) is 4.79 Å². The van der Waals surface area contributed by atoms with Gasteiger partial charge in [0.2, 0.25) is 0 Å². The fourth-order valence-electron chi connectivity index (χ4n) is 6.05. The van der Waals surface area contributed by atoms with Crippen LogP contribution in [0.2, 0.25) is 0 Å². The minimum absolute atomic E-state index is 0.00246. The number of nitrogens with zero attached hydrogens (tertiary/aromatic N) is 3. The third kappa shape index (κ3) is 1.96. The molecule has 2 aromatic rings. The lowest BCUT2D eigenvalue weighted by Crippen LogP contribution is -2.42. The Morgan fingerprint density at radius 2 is 1.69 bits per heavy atom. The number of fused-ring (bicyclic) bond motifs is 1. The molecule has 3 aliphatic rings. The maximum Gasteiger partial charge on any atom is 0.419 e. The first kappa shape index (κ1) is 16.1. The zero-order valence-corrected chi connectivity index (χ0v) is 15.5. The van der Waals surface area contributed by atoms with Crippen LogP contribution in [0.3, 0.4) is 0 Å². The summed E-state index contributed by atoms with van der Waals surface area (Å²) in [4.78, 5) is 29.7. The van der Waals surface area contributed by atoms with Crippen molar-refractivity contribution in [2.45, 2.75) is 25.7 Å². The molecule has 6 heteroatoms. The summed E-state index contributed by atoms with van der Waals surface area (Å²) in [5.41, 5.74) is 2.08. The topological polar surface area (TPSA) is 58.7 Å². The fourth-order valence-corrected chi connectivity index (χ4v) is 6.05. The number of aryl methyl sites for hydroxylation is 1. The van der Waals surface area contributed by atoms with Crippen molar-refractivity contribution in [2.75, 3.05) is 33.2 Å². The zero-order valence-electron chi connectivity index (χ0n) is 15.5. The van der Waals surface area contributed by atoms with Crippen LogP contribution in [0.15, 0.2) is 27.4 Å². The summed E-state index contributed by atoms with van der Waals surface area (Å²) in [7, 11) is 3.88. The molecule has 2 saturated heterocycles. The van der Waals surface area contributed by atoms with Gasteiger partial charge in [0.25, 0.3) is 5.91 Å². The number of carbonyl (C=O) groups is 1. The van der Waals surface area contributed by atoms with Gasteiger partial charge >= 0.3 is 5.76 Å². The molecule has 1 aromatic carbocycles. The maximum absolute atomic E-state index is 13.4. The quantitative estimate of drug-likeness (QED) is 0.786. The molecule has 1 saturated carbocycles. The van der Waals surface area contributed by atoms with Gasteiger partial charge in [-0.1, -0.05) is 18.9 Å². The number of hydrogen-bond donors (Lipinski definition) is 0. The van der Waals surface area contributed by atoms with Crippen molar-refractivity contribution in [3.63, 3.8) is 0 Å². The molecule has 0 bridgehead atoms. The predicted octanol–water partition coefficient (Wildman–Crippen LogP) is 2.08. The Morgan fingerprint density at radius 1 is 1.04 bits per heavy atom. The fraction of sp³-hybridized carbons (Fsp3) is 0.600. The number of aromatic nitrogens is 1. The van der Waals surface area contributed by atoms with Crippen LogP contribution in [-0.2, 0) is 7.05 Å². The second-order valence-corrected chi connectivity index (χ2v) is 8.68. The number of hydrogen-bond acceptors (Lipinski definition) is 4. The summed E-state index contributed by atoms with van der Waals surface area (Å²) in [6.45, 7) is 3.82. The molecule has 6 nitrogen and oxygen atoms in total. The van der Waals surface area contributed by atoms with E-state index in [0.717, 1.165) is 26.2 Å². The molecule has 2 aliphatic heterocycles. The lowest BCUT2D eigenvalue weighted by Gasteiger charge is -2.42. The van der Waals surface area contributed by atoms with Crippen LogP contribution in [0.4, 0.5) is 0 Å². The van der Waals surface area contributed by atoms with Crippen molar-refractivity contribution in [3.8, 4) is 0 Å². The summed E-state index contributed by atoms with van der Waals surface area (Å²) in [6, 6.07) is 5.44. The molecule has 0 N–H and O–H groups in total. The number of carbonyl (C=O) groups excluding carboxylic acids is 1. The van der Waals surface area contributed by atoms with Crippen molar-refractivity contribution < 1.29 is 9.21 Å². The lowest BCUT2D eigenvalue weighted by atomic mass is 9.60. The monoisotopic (exact) mass is 355 g/mol. The van der Waals surface area contributed by atoms with Gasteiger partial charge in [-0.2, -0.15) is 0 Å². The van der Waals surface area contributed by atoms with Crippen molar-refractivity contribution >= 4 is 17.0 Å². The molecule has 2 atom stereocenters. The first-order chi connectivity index (χ1) is 12.4. The second kappa shape index (κ2) is 5.22. The van der Waals surface area contributed by atoms with Crippen molar-refractivity contribution in [3.05, 3.63) is 34.3 Å². The molecular weight excluding hydrogens is 330 g/mol. The Hall–Kier alpha value is -2.08. The standard InChI is InChI=1S/C20H25N3O3/c1-21-10-19-8-3-4-9-20(19,11-21)13-23(12-19)17(24)14-6-5-7-15-16(14)26-18(25)22(15)2/h5-7H,3-4,8-13H2,1-2H3. The van der Waals surface area contributed by atoms with Crippen molar-refractivity contribution in [1.82, 2.24) is 14.4 Å². The van der Waals surface area contributed by atoms with E-state index in [2.05, 4.69) is 11.9 Å². The van der Waals surface area contributed by atoms with Crippen LogP contribution in [0.25, 0.3) is 11.1 Å². The maximum atomic E-state index is 13.4. The smallest absolute Gasteiger partial charge is 0.407 e. The molecule has 0 radical (unpaired) electrons. The summed E-state index contributed by atoms with van der Waals surface area (Å²) in [5, 5.41) is 0. The average Bonchev–Trinajstić information content (AvgIpc) is 3.19. The minimum atomic E-state index is -0.425. The van der Waals surface area contributed by atoms with Crippen LogP contribution in [0, 0.1) is 10.8 Å². The summed E-state index contributed by atoms with van der Waals surface area (Å²) in [6.07, 6.45) is 4.96. The zero-order chi connectivity index (χ0) is 18.1. The van der Waals surface area contributed by atoms with Gasteiger partial charge in [-0.3, -0.25) is 9.36 Å². The van der Waals surface area contributed by atoms with E-state index in [1.54, 1.807) is 13.1 Å². The van der Waals surface area contributed by atoms with Crippen LogP contribution >= 0.6 is 0 Å². The minimum Gasteiger partial charge on any atom is -0.407 e. The van der Waals surface area contributed by atoms with Gasteiger partial charge in [0.05, 0.1) is 11.1 Å². The Labute approximate surface area is 152 Å². The van der Waals surface area contributed by atoms with Crippen LogP contribution < -0.4 is 5.76 Å². The first-order valence-electron chi connectivity index (χ1n) is 9.51. The average molecular weight is 355 g/mol. The molecule has 26 heavy (non-hydrogen) atoms. The first-order valence-corrected chi connectivity index (χ1v) is 9.51. The number of rotatable bonds is 1. The van der Waals surface area contributed by atoms with Crippen LogP contribution in [-0.4, -0.2) is 53.5 Å². The lowest BCUT2D eigenvalue weighted by molar-refractivity contribution is 0.0759. The molecule has 2 unspecified atom stereocenters. The number of para-hydroxylation sites is 1. The third-order valence-electron chi connectivity index (χ3n) is 7.15. The van der Waals surface area contributed by atoms with Crippen LogP contribution in [0.1, 0.15) is 36.0 Å². The van der Waals surface area contributed by atoms with E-state index in [0.29, 0.717) is 16.7 Å². The Kier molecular flexibility index (Phi) is 3.24. The van der Waals surface area contributed by atoms with Gasteiger partial charge in [0, 0.05) is 44.1 Å². The van der Waals surface area contributed by atoms with E-state index in [-0.39, 0.29) is 16.7 Å². The van der Waals surface area contributed by atoms with E-state index in [9.17, 15) is 9.59 Å². The SMILES string of the molecule is CN1CC23CCCCC2(C1)CN(C(=O)c1cccc2c1oc(=O)n2C)C3. The number of oxazole rings is 1. The van der Waals surface area contributed by atoms with E-state index >= 15 is 0 Å². The van der Waals surface area contributed by atoms with Gasteiger partial charge in [0.1, 0.15) is 0 Å². The largest absolute Gasteiger partial charge is 0.419 e. The summed E-state index contributed by atoms with van der Waals surface area (Å²) < 4.78 is 6.84. The van der Waals surface area contributed by atoms with Crippen molar-refractivity contribution in [2.24, 2.45) is 17.9 Å². The van der Waals surface area contributed by atoms with Gasteiger partial charge in [-0.05, 0) is 32.0 Å². The molecule has 138 valence electrons. The number of benzene rings is 1. The molecule has 3 heterocycles. The number of amides is 1. The molecule has 1 aromatic heterocycles.